The summed E-state index contributed by atoms with van der Waals surface area (Å²) in [5, 5.41) is 3.24. The minimum atomic E-state index is -0.974. The fraction of sp³-hybridized carbons (Fsp3) is 0.136. The molecule has 1 amide bonds. The first kappa shape index (κ1) is 19.6. The molecule has 2 aromatic carbocycles. The third-order valence-corrected chi connectivity index (χ3v) is 4.39. The van der Waals surface area contributed by atoms with E-state index in [2.05, 4.69) is 10.3 Å². The fourth-order valence-corrected chi connectivity index (χ4v) is 2.80. The van der Waals surface area contributed by atoms with Gasteiger partial charge in [0, 0.05) is 6.20 Å². The maximum Gasteiger partial charge on any atom is 0.340 e. The van der Waals surface area contributed by atoms with Gasteiger partial charge in [-0.2, -0.15) is 0 Å². The smallest absolute Gasteiger partial charge is 0.340 e. The van der Waals surface area contributed by atoms with Gasteiger partial charge in [0.1, 0.15) is 5.15 Å². The Morgan fingerprint density at radius 1 is 0.929 bits per heavy atom. The van der Waals surface area contributed by atoms with Crippen molar-refractivity contribution in [1.82, 2.24) is 10.3 Å². The van der Waals surface area contributed by atoms with E-state index in [-0.39, 0.29) is 16.8 Å². The lowest BCUT2D eigenvalue weighted by Gasteiger charge is -2.22. The van der Waals surface area contributed by atoms with Crippen molar-refractivity contribution in [1.29, 1.82) is 0 Å². The molecule has 3 aromatic rings. The monoisotopic (exact) mass is 394 g/mol. The summed E-state index contributed by atoms with van der Waals surface area (Å²) in [5.41, 5.74) is 2.09. The van der Waals surface area contributed by atoms with Gasteiger partial charge in [-0.15, -0.1) is 0 Å². The number of hydrogen-bond donors (Lipinski definition) is 1. The molecule has 1 aromatic heterocycles. The zero-order chi connectivity index (χ0) is 19.9. The maximum absolute atomic E-state index is 12.7. The van der Waals surface area contributed by atoms with Crippen molar-refractivity contribution in [3.05, 3.63) is 101 Å². The molecule has 0 aliphatic carbocycles. The molecule has 0 aliphatic rings. The van der Waals surface area contributed by atoms with Crippen LogP contribution in [0.1, 0.15) is 34.5 Å². The second-order valence-corrected chi connectivity index (χ2v) is 6.57. The third kappa shape index (κ3) is 4.96. The van der Waals surface area contributed by atoms with E-state index in [1.165, 1.54) is 25.3 Å². The zero-order valence-corrected chi connectivity index (χ0v) is 16.0. The molecule has 142 valence electrons. The Bertz CT molecular complexity index is 892. The average molecular weight is 395 g/mol. The number of carbonyl (C=O) groups excluding carboxylic acids is 2. The molecule has 0 saturated heterocycles. The van der Waals surface area contributed by atoms with Crippen LogP contribution in [0.5, 0.6) is 0 Å². The predicted molar refractivity (Wildman–Crippen MR) is 107 cm³/mol. The van der Waals surface area contributed by atoms with Crippen LogP contribution in [0.15, 0.2) is 79.0 Å². The summed E-state index contributed by atoms with van der Waals surface area (Å²) in [6.45, 7) is 1.53. The zero-order valence-electron chi connectivity index (χ0n) is 15.2. The van der Waals surface area contributed by atoms with E-state index in [1.54, 1.807) is 0 Å². The summed E-state index contributed by atoms with van der Waals surface area (Å²) in [6, 6.07) is 21.9. The van der Waals surface area contributed by atoms with Gasteiger partial charge in [0.15, 0.2) is 6.10 Å². The summed E-state index contributed by atoms with van der Waals surface area (Å²) in [5.74, 6) is -1.03. The molecule has 0 bridgehead atoms. The Hall–Kier alpha value is -3.18. The Morgan fingerprint density at radius 2 is 1.50 bits per heavy atom. The number of nitrogens with zero attached hydrogens (tertiary/aromatic N) is 1. The summed E-state index contributed by atoms with van der Waals surface area (Å²) in [6.07, 6.45) is 0.338. The standard InChI is InChI=1S/C22H19ClN2O3/c1-15(28-22(27)18-12-13-19(23)24-14-18)21(26)25-20(16-8-4-2-5-9-16)17-10-6-3-7-11-17/h2-15,20H,1H3,(H,25,26). The van der Waals surface area contributed by atoms with Crippen molar-refractivity contribution in [3.8, 4) is 0 Å². The van der Waals surface area contributed by atoms with E-state index < -0.39 is 18.0 Å². The maximum atomic E-state index is 12.7. The molecule has 1 N–H and O–H groups in total. The predicted octanol–water partition coefficient (Wildman–Crippen LogP) is 4.19. The lowest BCUT2D eigenvalue weighted by atomic mass is 9.98. The molecular formula is C22H19ClN2O3. The van der Waals surface area contributed by atoms with Crippen LogP contribution < -0.4 is 5.32 Å². The molecule has 5 nitrogen and oxygen atoms in total. The van der Waals surface area contributed by atoms with Crippen molar-refractivity contribution >= 4 is 23.5 Å². The molecule has 28 heavy (non-hydrogen) atoms. The van der Waals surface area contributed by atoms with Crippen LogP contribution in [0, 0.1) is 0 Å². The molecule has 0 spiro atoms. The van der Waals surface area contributed by atoms with E-state index in [4.69, 9.17) is 16.3 Å². The number of rotatable bonds is 6. The highest BCUT2D eigenvalue weighted by Gasteiger charge is 2.23. The number of hydrogen-bond acceptors (Lipinski definition) is 4. The summed E-state index contributed by atoms with van der Waals surface area (Å²) < 4.78 is 5.28. The number of benzene rings is 2. The van der Waals surface area contributed by atoms with E-state index in [0.717, 1.165) is 11.1 Å². The molecule has 1 unspecified atom stereocenters. The molecular weight excluding hydrogens is 376 g/mol. The second-order valence-electron chi connectivity index (χ2n) is 6.18. The van der Waals surface area contributed by atoms with Crippen LogP contribution in [0.2, 0.25) is 5.15 Å². The highest BCUT2D eigenvalue weighted by atomic mass is 35.5. The molecule has 1 heterocycles. The number of carbonyl (C=O) groups is 2. The first-order valence-electron chi connectivity index (χ1n) is 8.77. The normalized spacial score (nSPS) is 11.7. The number of esters is 1. The van der Waals surface area contributed by atoms with Crippen LogP contribution in [0.25, 0.3) is 0 Å². The minimum absolute atomic E-state index is 0.228. The van der Waals surface area contributed by atoms with Crippen LogP contribution in [-0.2, 0) is 9.53 Å². The van der Waals surface area contributed by atoms with Gasteiger partial charge < -0.3 is 10.1 Å². The van der Waals surface area contributed by atoms with Crippen molar-refractivity contribution in [3.63, 3.8) is 0 Å². The van der Waals surface area contributed by atoms with Gasteiger partial charge in [0.2, 0.25) is 0 Å². The summed E-state index contributed by atoms with van der Waals surface area (Å²) in [4.78, 5) is 28.8. The Balaban J connectivity index is 1.72. The molecule has 0 radical (unpaired) electrons. The Labute approximate surface area is 168 Å². The molecule has 0 aliphatic heterocycles. The van der Waals surface area contributed by atoms with Crippen LogP contribution in [0.3, 0.4) is 0 Å². The number of ether oxygens (including phenoxy) is 1. The first-order chi connectivity index (χ1) is 13.5. The van der Waals surface area contributed by atoms with Crippen LogP contribution in [-0.4, -0.2) is 23.0 Å². The molecule has 1 atom stereocenters. The molecule has 0 saturated carbocycles. The largest absolute Gasteiger partial charge is 0.449 e. The van der Waals surface area contributed by atoms with Gasteiger partial charge in [0.05, 0.1) is 11.6 Å². The van der Waals surface area contributed by atoms with Crippen molar-refractivity contribution < 1.29 is 14.3 Å². The van der Waals surface area contributed by atoms with Gasteiger partial charge >= 0.3 is 5.97 Å². The van der Waals surface area contributed by atoms with Gasteiger partial charge in [-0.3, -0.25) is 4.79 Å². The van der Waals surface area contributed by atoms with Crippen molar-refractivity contribution in [2.75, 3.05) is 0 Å². The molecule has 6 heteroatoms. The molecule has 0 fully saturated rings. The quantitative estimate of drug-likeness (QED) is 0.503. The number of pyridine rings is 1. The minimum Gasteiger partial charge on any atom is -0.449 e. The molecule has 3 rings (SSSR count). The summed E-state index contributed by atoms with van der Waals surface area (Å²) in [7, 11) is 0. The highest BCUT2D eigenvalue weighted by Crippen LogP contribution is 2.22. The van der Waals surface area contributed by atoms with Gasteiger partial charge in [-0.1, -0.05) is 72.3 Å². The van der Waals surface area contributed by atoms with Gasteiger partial charge in [-0.05, 0) is 30.2 Å². The van der Waals surface area contributed by atoms with E-state index >= 15 is 0 Å². The van der Waals surface area contributed by atoms with Crippen molar-refractivity contribution in [2.45, 2.75) is 19.1 Å². The Morgan fingerprint density at radius 3 is 2.00 bits per heavy atom. The third-order valence-electron chi connectivity index (χ3n) is 4.17. The number of halogens is 1. The highest BCUT2D eigenvalue weighted by molar-refractivity contribution is 6.29. The SMILES string of the molecule is CC(OC(=O)c1ccc(Cl)nc1)C(=O)NC(c1ccccc1)c1ccccc1. The van der Waals surface area contributed by atoms with E-state index in [9.17, 15) is 9.59 Å². The van der Waals surface area contributed by atoms with E-state index in [1.807, 2.05) is 60.7 Å². The average Bonchev–Trinajstić information content (AvgIpc) is 2.73. The van der Waals surface area contributed by atoms with Crippen LogP contribution >= 0.6 is 11.6 Å². The number of nitrogens with one attached hydrogen (secondary N) is 1. The fourth-order valence-electron chi connectivity index (χ4n) is 2.69. The van der Waals surface area contributed by atoms with Gasteiger partial charge in [-0.25, -0.2) is 9.78 Å². The van der Waals surface area contributed by atoms with Crippen molar-refractivity contribution in [2.24, 2.45) is 0 Å². The van der Waals surface area contributed by atoms with E-state index in [0.29, 0.717) is 0 Å². The van der Waals surface area contributed by atoms with Crippen LogP contribution in [0.4, 0.5) is 0 Å². The first-order valence-corrected chi connectivity index (χ1v) is 9.15. The second kappa shape index (κ2) is 9.15. The number of aromatic nitrogens is 1. The Kier molecular flexibility index (Phi) is 6.40. The number of amides is 1. The van der Waals surface area contributed by atoms with Gasteiger partial charge in [0.25, 0.3) is 5.91 Å². The lowest BCUT2D eigenvalue weighted by molar-refractivity contribution is -0.129. The lowest BCUT2D eigenvalue weighted by Crippen LogP contribution is -2.38. The topological polar surface area (TPSA) is 68.3 Å². The summed E-state index contributed by atoms with van der Waals surface area (Å²) >= 11 is 5.72.